The van der Waals surface area contributed by atoms with Gasteiger partial charge in [0.1, 0.15) is 5.82 Å². The van der Waals surface area contributed by atoms with E-state index in [0.29, 0.717) is 11.9 Å². The van der Waals surface area contributed by atoms with Crippen LogP contribution in [0.1, 0.15) is 32.0 Å². The molecule has 1 aliphatic heterocycles. The van der Waals surface area contributed by atoms with E-state index in [1.54, 1.807) is 24.0 Å². The molecular weight excluding hydrogens is 352 g/mol. The van der Waals surface area contributed by atoms with Crippen LogP contribution >= 0.6 is 0 Å². The van der Waals surface area contributed by atoms with Gasteiger partial charge in [0.15, 0.2) is 5.82 Å². The highest BCUT2D eigenvalue weighted by molar-refractivity contribution is 5.75. The normalized spacial score (nSPS) is 17.4. The van der Waals surface area contributed by atoms with Crippen molar-refractivity contribution in [2.45, 2.75) is 45.3 Å². The SMILES string of the molecule is CCCn1c(CN[C@H]2CCCN(c3nccn(C)c3=O)C2)nc2ccccc21. The summed E-state index contributed by atoms with van der Waals surface area (Å²) in [6.45, 7) is 5.56. The fourth-order valence-corrected chi connectivity index (χ4v) is 4.01. The van der Waals surface area contributed by atoms with Crippen LogP contribution in [0.5, 0.6) is 0 Å². The Morgan fingerprint density at radius 1 is 1.29 bits per heavy atom. The molecule has 0 spiro atoms. The Hall–Kier alpha value is -2.67. The fraction of sp³-hybridized carbons (Fsp3) is 0.476. The molecule has 1 N–H and O–H groups in total. The Morgan fingerprint density at radius 2 is 2.14 bits per heavy atom. The van der Waals surface area contributed by atoms with Crippen LogP contribution in [-0.2, 0) is 20.1 Å². The quantitative estimate of drug-likeness (QED) is 0.711. The van der Waals surface area contributed by atoms with E-state index in [0.717, 1.165) is 56.8 Å². The first-order valence-corrected chi connectivity index (χ1v) is 10.1. The zero-order chi connectivity index (χ0) is 19.5. The number of nitrogens with zero attached hydrogens (tertiary/aromatic N) is 5. The lowest BCUT2D eigenvalue weighted by Crippen LogP contribution is -2.47. The molecule has 1 atom stereocenters. The number of nitrogens with one attached hydrogen (secondary N) is 1. The Balaban J connectivity index is 1.48. The summed E-state index contributed by atoms with van der Waals surface area (Å²) in [6.07, 6.45) is 6.61. The molecule has 0 aliphatic carbocycles. The smallest absolute Gasteiger partial charge is 0.293 e. The number of anilines is 1. The monoisotopic (exact) mass is 380 g/mol. The van der Waals surface area contributed by atoms with Crippen LogP contribution in [0.15, 0.2) is 41.5 Å². The van der Waals surface area contributed by atoms with E-state index in [2.05, 4.69) is 44.9 Å². The van der Waals surface area contributed by atoms with Crippen LogP contribution in [0.3, 0.4) is 0 Å². The third-order valence-corrected chi connectivity index (χ3v) is 5.45. The Labute approximate surface area is 165 Å². The van der Waals surface area contributed by atoms with Crippen molar-refractivity contribution in [2.75, 3.05) is 18.0 Å². The van der Waals surface area contributed by atoms with Crippen LogP contribution < -0.4 is 15.8 Å². The molecule has 3 aromatic rings. The molecule has 4 rings (SSSR count). The van der Waals surface area contributed by atoms with Gasteiger partial charge in [-0.3, -0.25) is 4.79 Å². The third-order valence-electron chi connectivity index (χ3n) is 5.45. The minimum absolute atomic E-state index is 0.0344. The Morgan fingerprint density at radius 3 is 3.00 bits per heavy atom. The van der Waals surface area contributed by atoms with Crippen LogP contribution in [0.4, 0.5) is 5.82 Å². The van der Waals surface area contributed by atoms with Crippen molar-refractivity contribution in [3.8, 4) is 0 Å². The number of benzene rings is 1. The summed E-state index contributed by atoms with van der Waals surface area (Å²) in [7, 11) is 1.77. The Bertz CT molecular complexity index is 1010. The van der Waals surface area contributed by atoms with Gasteiger partial charge in [0.05, 0.1) is 17.6 Å². The van der Waals surface area contributed by atoms with Crippen LogP contribution in [-0.4, -0.2) is 38.2 Å². The highest BCUT2D eigenvalue weighted by Crippen LogP contribution is 2.18. The first-order chi connectivity index (χ1) is 13.7. The van der Waals surface area contributed by atoms with E-state index in [1.807, 2.05) is 6.07 Å². The van der Waals surface area contributed by atoms with Crippen molar-refractivity contribution in [3.05, 3.63) is 52.8 Å². The lowest BCUT2D eigenvalue weighted by atomic mass is 10.1. The molecule has 148 valence electrons. The first kappa shape index (κ1) is 18.7. The van der Waals surface area contributed by atoms with Gasteiger partial charge in [-0.05, 0) is 31.4 Å². The molecule has 1 fully saturated rings. The van der Waals surface area contributed by atoms with Crippen LogP contribution in [0, 0.1) is 0 Å². The van der Waals surface area contributed by atoms with Crippen molar-refractivity contribution in [1.29, 1.82) is 0 Å². The second-order valence-electron chi connectivity index (χ2n) is 7.50. The van der Waals surface area contributed by atoms with E-state index in [1.165, 1.54) is 5.52 Å². The zero-order valence-corrected chi connectivity index (χ0v) is 16.6. The maximum absolute atomic E-state index is 12.4. The average Bonchev–Trinajstić information content (AvgIpc) is 3.07. The fourth-order valence-electron chi connectivity index (χ4n) is 4.01. The number of hydrogen-bond acceptors (Lipinski definition) is 5. The summed E-state index contributed by atoms with van der Waals surface area (Å²) in [5.74, 6) is 1.63. The highest BCUT2D eigenvalue weighted by atomic mass is 16.1. The molecule has 0 saturated carbocycles. The van der Waals surface area contributed by atoms with Gasteiger partial charge < -0.3 is 19.4 Å². The standard InChI is InChI=1S/C21H28N6O/c1-3-11-27-18-9-5-4-8-17(18)24-19(27)14-23-16-7-6-12-26(15-16)20-21(28)25(2)13-10-22-20/h4-5,8-10,13,16,23H,3,6-7,11-12,14-15H2,1-2H3/t16-/m0/s1. The maximum Gasteiger partial charge on any atom is 0.293 e. The van der Waals surface area contributed by atoms with Crippen molar-refractivity contribution in [2.24, 2.45) is 7.05 Å². The van der Waals surface area contributed by atoms with Gasteiger partial charge in [0.2, 0.25) is 0 Å². The molecular formula is C21H28N6O. The molecule has 1 aliphatic rings. The lowest BCUT2D eigenvalue weighted by molar-refractivity contribution is 0.411. The van der Waals surface area contributed by atoms with Gasteiger partial charge in [-0.15, -0.1) is 0 Å². The number of piperidine rings is 1. The van der Waals surface area contributed by atoms with Gasteiger partial charge in [-0.1, -0.05) is 19.1 Å². The van der Waals surface area contributed by atoms with Crippen molar-refractivity contribution < 1.29 is 0 Å². The number of rotatable bonds is 6. The number of imidazole rings is 1. The lowest BCUT2D eigenvalue weighted by Gasteiger charge is -2.33. The van der Waals surface area contributed by atoms with Crippen molar-refractivity contribution >= 4 is 16.9 Å². The van der Waals surface area contributed by atoms with Gasteiger partial charge in [-0.25, -0.2) is 9.97 Å². The second-order valence-corrected chi connectivity index (χ2v) is 7.50. The summed E-state index contributed by atoms with van der Waals surface area (Å²) in [5, 5.41) is 3.67. The van der Waals surface area contributed by atoms with Gasteiger partial charge in [0.25, 0.3) is 5.56 Å². The molecule has 0 bridgehead atoms. The van der Waals surface area contributed by atoms with Crippen molar-refractivity contribution in [3.63, 3.8) is 0 Å². The Kier molecular flexibility index (Phi) is 5.43. The topological polar surface area (TPSA) is 68.0 Å². The number of hydrogen-bond donors (Lipinski definition) is 1. The molecule has 7 heteroatoms. The summed E-state index contributed by atoms with van der Waals surface area (Å²) in [4.78, 5) is 23.7. The highest BCUT2D eigenvalue weighted by Gasteiger charge is 2.23. The average molecular weight is 380 g/mol. The molecule has 1 saturated heterocycles. The summed E-state index contributed by atoms with van der Waals surface area (Å²) in [5.41, 5.74) is 2.21. The minimum Gasteiger partial charge on any atom is -0.350 e. The molecule has 28 heavy (non-hydrogen) atoms. The number of para-hydroxylation sites is 2. The summed E-state index contributed by atoms with van der Waals surface area (Å²) >= 11 is 0. The zero-order valence-electron chi connectivity index (χ0n) is 16.6. The first-order valence-electron chi connectivity index (χ1n) is 10.1. The maximum atomic E-state index is 12.4. The molecule has 0 amide bonds. The molecule has 0 radical (unpaired) electrons. The predicted octanol–water partition coefficient (Wildman–Crippen LogP) is 2.30. The molecule has 1 aromatic carbocycles. The van der Waals surface area contributed by atoms with E-state index < -0.39 is 0 Å². The second kappa shape index (κ2) is 8.14. The van der Waals surface area contributed by atoms with E-state index in [-0.39, 0.29) is 5.56 Å². The largest absolute Gasteiger partial charge is 0.350 e. The van der Waals surface area contributed by atoms with Crippen LogP contribution in [0.25, 0.3) is 11.0 Å². The number of aryl methyl sites for hydroxylation is 2. The van der Waals surface area contributed by atoms with Crippen molar-refractivity contribution in [1.82, 2.24) is 24.4 Å². The minimum atomic E-state index is -0.0344. The van der Waals surface area contributed by atoms with Crippen LogP contribution in [0.2, 0.25) is 0 Å². The van der Waals surface area contributed by atoms with Gasteiger partial charge in [0, 0.05) is 45.1 Å². The summed E-state index contributed by atoms with van der Waals surface area (Å²) in [6, 6.07) is 8.63. The van der Waals surface area contributed by atoms with Gasteiger partial charge in [-0.2, -0.15) is 0 Å². The summed E-state index contributed by atoms with van der Waals surface area (Å²) < 4.78 is 3.91. The van der Waals surface area contributed by atoms with E-state index in [9.17, 15) is 4.79 Å². The van der Waals surface area contributed by atoms with E-state index >= 15 is 0 Å². The molecule has 0 unspecified atom stereocenters. The van der Waals surface area contributed by atoms with Gasteiger partial charge >= 0.3 is 0 Å². The number of aromatic nitrogens is 4. The van der Waals surface area contributed by atoms with E-state index in [4.69, 9.17) is 4.98 Å². The third kappa shape index (κ3) is 3.67. The molecule has 3 heterocycles. The molecule has 2 aromatic heterocycles. The predicted molar refractivity (Wildman–Crippen MR) is 112 cm³/mol. The molecule has 7 nitrogen and oxygen atoms in total. The number of fused-ring (bicyclic) bond motifs is 1.